The lowest BCUT2D eigenvalue weighted by molar-refractivity contribution is -0.0793. The third-order valence-electron chi connectivity index (χ3n) is 2.27. The number of nitrogens with zero attached hydrogens (tertiary/aromatic N) is 1. The van der Waals surface area contributed by atoms with Gasteiger partial charge in [-0.25, -0.2) is 13.8 Å². The number of aromatic nitrogens is 1. The van der Waals surface area contributed by atoms with Crippen molar-refractivity contribution in [3.63, 3.8) is 0 Å². The molecule has 0 aliphatic heterocycles. The zero-order valence-electron chi connectivity index (χ0n) is 7.61. The van der Waals surface area contributed by atoms with Gasteiger partial charge in [0.1, 0.15) is 0 Å². The minimum absolute atomic E-state index is 0.184. The van der Waals surface area contributed by atoms with Crippen LogP contribution in [0.4, 0.5) is 18.9 Å². The van der Waals surface area contributed by atoms with Gasteiger partial charge in [0.2, 0.25) is 5.95 Å². The maximum Gasteiger partial charge on any atom is 0.252 e. The molecule has 0 unspecified atom stereocenters. The van der Waals surface area contributed by atoms with Gasteiger partial charge < -0.3 is 5.32 Å². The second-order valence-corrected chi connectivity index (χ2v) is 4.45. The Hall–Kier alpha value is -0.780. The molecule has 0 saturated heterocycles. The maximum absolute atomic E-state index is 12.6. The van der Waals surface area contributed by atoms with Gasteiger partial charge in [-0.05, 0) is 15.9 Å². The minimum atomic E-state index is -2.56. The summed E-state index contributed by atoms with van der Waals surface area (Å²) in [5.41, 5.74) is 0.539. The summed E-state index contributed by atoms with van der Waals surface area (Å²) in [6, 6.07) is 0.933. The van der Waals surface area contributed by atoms with Crippen LogP contribution in [0.5, 0.6) is 0 Å². The van der Waals surface area contributed by atoms with Crippen molar-refractivity contribution in [3.8, 4) is 0 Å². The van der Waals surface area contributed by atoms with Crippen LogP contribution in [0.25, 0.3) is 0 Å². The van der Waals surface area contributed by atoms with Gasteiger partial charge in [0, 0.05) is 29.4 Å². The maximum atomic E-state index is 12.6. The molecule has 2 nitrogen and oxygen atoms in total. The molecule has 0 spiro atoms. The fraction of sp³-hybridized carbons (Fsp3) is 0.444. The van der Waals surface area contributed by atoms with Gasteiger partial charge in [0.15, 0.2) is 0 Å². The topological polar surface area (TPSA) is 24.9 Å². The molecule has 6 heteroatoms. The van der Waals surface area contributed by atoms with Crippen LogP contribution in [0, 0.1) is 5.95 Å². The molecule has 1 N–H and O–H groups in total. The quantitative estimate of drug-likeness (QED) is 0.842. The number of alkyl halides is 2. The summed E-state index contributed by atoms with van der Waals surface area (Å²) in [7, 11) is 0. The fourth-order valence-electron chi connectivity index (χ4n) is 1.50. The molecule has 1 aromatic heterocycles. The second kappa shape index (κ2) is 3.66. The van der Waals surface area contributed by atoms with Crippen molar-refractivity contribution in [1.82, 2.24) is 4.98 Å². The Morgan fingerprint density at radius 1 is 1.47 bits per heavy atom. The second-order valence-electron chi connectivity index (χ2n) is 3.59. The van der Waals surface area contributed by atoms with E-state index in [9.17, 15) is 13.2 Å². The summed E-state index contributed by atoms with van der Waals surface area (Å²) >= 11 is 3.13. The number of pyridine rings is 1. The van der Waals surface area contributed by atoms with E-state index in [2.05, 4.69) is 26.2 Å². The Morgan fingerprint density at radius 2 is 2.13 bits per heavy atom. The SMILES string of the molecule is Fc1cc(Br)c(NC2CC(F)(F)C2)cn1. The predicted molar refractivity (Wildman–Crippen MR) is 53.5 cm³/mol. The summed E-state index contributed by atoms with van der Waals surface area (Å²) in [4.78, 5) is 3.44. The van der Waals surface area contributed by atoms with Crippen LogP contribution < -0.4 is 5.32 Å². The summed E-state index contributed by atoms with van der Waals surface area (Å²) < 4.78 is 38.2. The Bertz CT molecular complexity index is 376. The van der Waals surface area contributed by atoms with E-state index in [0.29, 0.717) is 10.2 Å². The average molecular weight is 281 g/mol. The van der Waals surface area contributed by atoms with Gasteiger partial charge in [0.05, 0.1) is 11.9 Å². The molecule has 1 fully saturated rings. The molecule has 1 aliphatic rings. The molecule has 1 saturated carbocycles. The van der Waals surface area contributed by atoms with Crippen LogP contribution in [0.1, 0.15) is 12.8 Å². The molecule has 82 valence electrons. The number of nitrogens with one attached hydrogen (secondary N) is 1. The van der Waals surface area contributed by atoms with E-state index in [4.69, 9.17) is 0 Å². The van der Waals surface area contributed by atoms with Crippen LogP contribution in [-0.2, 0) is 0 Å². The zero-order chi connectivity index (χ0) is 11.1. The summed E-state index contributed by atoms with van der Waals surface area (Å²) in [6.07, 6.45) is 0.920. The number of hydrogen-bond donors (Lipinski definition) is 1. The first-order valence-electron chi connectivity index (χ1n) is 4.42. The van der Waals surface area contributed by atoms with Gasteiger partial charge >= 0.3 is 0 Å². The highest BCUT2D eigenvalue weighted by Crippen LogP contribution is 2.39. The Labute approximate surface area is 93.0 Å². The lowest BCUT2D eigenvalue weighted by Gasteiger charge is -2.36. The van der Waals surface area contributed by atoms with Crippen LogP contribution in [0.2, 0.25) is 0 Å². The highest BCUT2D eigenvalue weighted by Gasteiger charge is 2.45. The number of hydrogen-bond acceptors (Lipinski definition) is 2. The molecule has 0 amide bonds. The van der Waals surface area contributed by atoms with Crippen molar-refractivity contribution in [2.24, 2.45) is 0 Å². The molecule has 1 aliphatic carbocycles. The van der Waals surface area contributed by atoms with Gasteiger partial charge in [-0.3, -0.25) is 0 Å². The Balaban J connectivity index is 2.00. The summed E-state index contributed by atoms with van der Waals surface area (Å²) in [5, 5.41) is 2.87. The van der Waals surface area contributed by atoms with Gasteiger partial charge in [0.25, 0.3) is 5.92 Å². The Kier molecular flexibility index (Phi) is 2.62. The summed E-state index contributed by atoms with van der Waals surface area (Å²) in [6.45, 7) is 0. The first kappa shape index (κ1) is 10.7. The molecule has 1 aromatic rings. The molecule has 0 atom stereocenters. The molecule has 0 aromatic carbocycles. The molecule has 2 rings (SSSR count). The van der Waals surface area contributed by atoms with Crippen molar-refractivity contribution < 1.29 is 13.2 Å². The zero-order valence-corrected chi connectivity index (χ0v) is 9.19. The van der Waals surface area contributed by atoms with E-state index in [-0.39, 0.29) is 18.9 Å². The van der Waals surface area contributed by atoms with Crippen LogP contribution in [0.15, 0.2) is 16.7 Å². The first-order valence-corrected chi connectivity index (χ1v) is 5.21. The molecule has 15 heavy (non-hydrogen) atoms. The monoisotopic (exact) mass is 280 g/mol. The van der Waals surface area contributed by atoms with E-state index >= 15 is 0 Å². The van der Waals surface area contributed by atoms with Crippen LogP contribution in [-0.4, -0.2) is 16.9 Å². The standard InChI is InChI=1S/C9H8BrF3N2/c10-6-1-8(11)14-4-7(6)15-5-2-9(12,13)3-5/h1,4-5,15H,2-3H2. The first-order chi connectivity index (χ1) is 6.96. The normalized spacial score (nSPS) is 19.7. The van der Waals surface area contributed by atoms with E-state index in [0.717, 1.165) is 0 Å². The number of anilines is 1. The molecule has 1 heterocycles. The third-order valence-corrected chi connectivity index (χ3v) is 2.93. The van der Waals surface area contributed by atoms with Crippen molar-refractivity contribution in [3.05, 3.63) is 22.7 Å². The van der Waals surface area contributed by atoms with Gasteiger partial charge in [-0.2, -0.15) is 4.39 Å². The number of halogens is 4. The van der Waals surface area contributed by atoms with Crippen LogP contribution in [0.3, 0.4) is 0 Å². The van der Waals surface area contributed by atoms with Crippen LogP contribution >= 0.6 is 15.9 Å². The van der Waals surface area contributed by atoms with Crippen molar-refractivity contribution in [2.45, 2.75) is 24.8 Å². The van der Waals surface area contributed by atoms with E-state index in [1.54, 1.807) is 0 Å². The van der Waals surface area contributed by atoms with Crippen molar-refractivity contribution in [1.29, 1.82) is 0 Å². The predicted octanol–water partition coefficient (Wildman–Crippen LogP) is 3.19. The van der Waals surface area contributed by atoms with E-state index < -0.39 is 11.9 Å². The van der Waals surface area contributed by atoms with E-state index in [1.165, 1.54) is 12.3 Å². The summed E-state index contributed by atoms with van der Waals surface area (Å²) in [5.74, 6) is -3.16. The smallest absolute Gasteiger partial charge is 0.252 e. The fourth-order valence-corrected chi connectivity index (χ4v) is 1.90. The molecule has 0 bridgehead atoms. The highest BCUT2D eigenvalue weighted by atomic mass is 79.9. The third kappa shape index (κ3) is 2.42. The van der Waals surface area contributed by atoms with E-state index in [1.807, 2.05) is 0 Å². The van der Waals surface area contributed by atoms with Gasteiger partial charge in [-0.1, -0.05) is 0 Å². The largest absolute Gasteiger partial charge is 0.380 e. The average Bonchev–Trinajstić information content (AvgIpc) is 2.06. The molecular formula is C9H8BrF3N2. The highest BCUT2D eigenvalue weighted by molar-refractivity contribution is 9.10. The minimum Gasteiger partial charge on any atom is -0.380 e. The van der Waals surface area contributed by atoms with Crippen molar-refractivity contribution in [2.75, 3.05) is 5.32 Å². The van der Waals surface area contributed by atoms with Gasteiger partial charge in [-0.15, -0.1) is 0 Å². The number of rotatable bonds is 2. The lowest BCUT2D eigenvalue weighted by atomic mass is 9.88. The van der Waals surface area contributed by atoms with Crippen molar-refractivity contribution >= 4 is 21.6 Å². The lowest BCUT2D eigenvalue weighted by Crippen LogP contribution is -2.44. The Morgan fingerprint density at radius 3 is 2.67 bits per heavy atom. The molecule has 0 radical (unpaired) electrons. The molecular weight excluding hydrogens is 273 g/mol.